The van der Waals surface area contributed by atoms with Gasteiger partial charge in [-0.25, -0.2) is 0 Å². The first-order valence-corrected chi connectivity index (χ1v) is 33.2. The molecule has 70 heavy (non-hydrogen) atoms. The van der Waals surface area contributed by atoms with E-state index in [4.69, 9.17) is 0 Å². The van der Waals surface area contributed by atoms with Gasteiger partial charge in [-0.15, -0.1) is 0 Å². The highest BCUT2D eigenvalue weighted by molar-refractivity contribution is 5.76. The van der Waals surface area contributed by atoms with Crippen LogP contribution >= 0.6 is 0 Å². The van der Waals surface area contributed by atoms with Gasteiger partial charge in [0.1, 0.15) is 0 Å². The first-order chi connectivity index (χ1) is 34.7. The van der Waals surface area contributed by atoms with Crippen molar-refractivity contribution in [2.45, 2.75) is 411 Å². The molecule has 0 aromatic rings. The Balaban J connectivity index is 3.36. The number of unbranched alkanes of at least 4 members (excludes halogenated alkanes) is 56. The average Bonchev–Trinajstić information content (AvgIpc) is 3.36. The molecule has 0 heterocycles. The lowest BCUT2D eigenvalue weighted by Gasteiger charge is -2.22. The summed E-state index contributed by atoms with van der Waals surface area (Å²) in [7, 11) is 0. The van der Waals surface area contributed by atoms with E-state index in [-0.39, 0.29) is 12.5 Å². The molecule has 1 amide bonds. The van der Waals surface area contributed by atoms with Crippen molar-refractivity contribution in [2.24, 2.45) is 0 Å². The van der Waals surface area contributed by atoms with Gasteiger partial charge in [-0.05, 0) is 12.8 Å². The van der Waals surface area contributed by atoms with Crippen LogP contribution in [0.25, 0.3) is 0 Å². The molecule has 0 aliphatic carbocycles. The van der Waals surface area contributed by atoms with Gasteiger partial charge in [-0.1, -0.05) is 380 Å². The maximum Gasteiger partial charge on any atom is 0.220 e. The van der Waals surface area contributed by atoms with E-state index in [1.54, 1.807) is 0 Å². The van der Waals surface area contributed by atoms with Crippen molar-refractivity contribution >= 4 is 5.91 Å². The molecule has 0 saturated carbocycles. The van der Waals surface area contributed by atoms with Gasteiger partial charge in [0.25, 0.3) is 0 Å². The average molecular weight is 989 g/mol. The van der Waals surface area contributed by atoms with Crippen molar-refractivity contribution in [3.05, 3.63) is 0 Å². The Bertz CT molecular complexity index is 940. The van der Waals surface area contributed by atoms with Crippen molar-refractivity contribution in [3.8, 4) is 0 Å². The van der Waals surface area contributed by atoms with Crippen LogP contribution in [0, 0.1) is 0 Å². The van der Waals surface area contributed by atoms with E-state index < -0.39 is 12.1 Å². The van der Waals surface area contributed by atoms with Crippen molar-refractivity contribution in [2.75, 3.05) is 6.61 Å². The van der Waals surface area contributed by atoms with Crippen LogP contribution in [-0.2, 0) is 4.79 Å². The maximum absolute atomic E-state index is 12.5. The molecule has 0 aromatic heterocycles. The van der Waals surface area contributed by atoms with Crippen LogP contribution in [0.1, 0.15) is 399 Å². The predicted molar refractivity (Wildman–Crippen MR) is 313 cm³/mol. The fourth-order valence-electron chi connectivity index (χ4n) is 11.1. The summed E-state index contributed by atoms with van der Waals surface area (Å²) in [6, 6.07) is -0.532. The zero-order valence-electron chi connectivity index (χ0n) is 48.6. The fourth-order valence-corrected chi connectivity index (χ4v) is 11.1. The Hall–Kier alpha value is -0.610. The predicted octanol–water partition coefficient (Wildman–Crippen LogP) is 22.3. The van der Waals surface area contributed by atoms with E-state index in [1.165, 1.54) is 347 Å². The van der Waals surface area contributed by atoms with E-state index >= 15 is 0 Å². The second kappa shape index (κ2) is 62.7. The monoisotopic (exact) mass is 988 g/mol. The third-order valence-electron chi connectivity index (χ3n) is 16.1. The van der Waals surface area contributed by atoms with Crippen LogP contribution in [0.15, 0.2) is 0 Å². The van der Waals surface area contributed by atoms with Crippen molar-refractivity contribution in [1.29, 1.82) is 0 Å². The highest BCUT2D eigenvalue weighted by Gasteiger charge is 2.20. The van der Waals surface area contributed by atoms with Crippen LogP contribution in [0.4, 0.5) is 0 Å². The van der Waals surface area contributed by atoms with Gasteiger partial charge < -0.3 is 15.5 Å². The molecule has 0 bridgehead atoms. The van der Waals surface area contributed by atoms with E-state index in [0.29, 0.717) is 12.8 Å². The molecule has 0 spiro atoms. The van der Waals surface area contributed by atoms with Gasteiger partial charge in [0.15, 0.2) is 0 Å². The van der Waals surface area contributed by atoms with Gasteiger partial charge in [0.2, 0.25) is 5.91 Å². The second-order valence-corrected chi connectivity index (χ2v) is 23.3. The molecular weight excluding hydrogens is 855 g/mol. The topological polar surface area (TPSA) is 69.6 Å². The standard InChI is InChI=1S/C66H133NO3/c1-3-5-7-9-11-13-15-17-19-21-23-25-27-29-30-31-32-33-34-35-36-38-39-41-43-45-47-49-51-53-55-57-59-61-65(69)64(63-68)67-66(70)62-60-58-56-54-52-50-48-46-44-42-40-37-28-26-24-22-20-18-16-14-12-10-8-6-4-2/h64-65,68-69H,3-63H2,1-2H3,(H,67,70). The second-order valence-electron chi connectivity index (χ2n) is 23.3. The summed E-state index contributed by atoms with van der Waals surface area (Å²) in [5.74, 6) is -0.0200. The number of rotatable bonds is 63. The largest absolute Gasteiger partial charge is 0.394 e. The lowest BCUT2D eigenvalue weighted by molar-refractivity contribution is -0.123. The minimum absolute atomic E-state index is 0.0200. The van der Waals surface area contributed by atoms with Crippen LogP contribution in [0.5, 0.6) is 0 Å². The maximum atomic E-state index is 12.5. The number of aliphatic hydroxyl groups is 2. The summed E-state index contributed by atoms with van der Waals surface area (Å²) in [5.41, 5.74) is 0. The molecule has 0 fully saturated rings. The van der Waals surface area contributed by atoms with Gasteiger partial charge in [0.05, 0.1) is 18.8 Å². The van der Waals surface area contributed by atoms with E-state index in [2.05, 4.69) is 19.2 Å². The molecule has 0 aromatic carbocycles. The van der Waals surface area contributed by atoms with Gasteiger partial charge in [-0.2, -0.15) is 0 Å². The number of amides is 1. The number of carbonyl (C=O) groups excluding carboxylic acids is 1. The highest BCUT2D eigenvalue weighted by Crippen LogP contribution is 2.20. The summed E-state index contributed by atoms with van der Waals surface area (Å²) in [5, 5.41) is 23.4. The van der Waals surface area contributed by atoms with E-state index in [1.807, 2.05) is 0 Å². The van der Waals surface area contributed by atoms with Crippen LogP contribution < -0.4 is 5.32 Å². The summed E-state index contributed by atoms with van der Waals surface area (Å²) >= 11 is 0. The summed E-state index contributed by atoms with van der Waals surface area (Å²) in [6.07, 6.45) is 81.5. The minimum atomic E-state index is -0.656. The molecule has 2 atom stereocenters. The number of hydrogen-bond donors (Lipinski definition) is 3. The van der Waals surface area contributed by atoms with Gasteiger partial charge in [0, 0.05) is 6.42 Å². The molecule has 2 unspecified atom stereocenters. The lowest BCUT2D eigenvalue weighted by atomic mass is 10.0. The lowest BCUT2D eigenvalue weighted by Crippen LogP contribution is -2.45. The molecular formula is C66H133NO3. The molecule has 4 nitrogen and oxygen atoms in total. The zero-order chi connectivity index (χ0) is 50.6. The Morgan fingerprint density at radius 2 is 0.457 bits per heavy atom. The first kappa shape index (κ1) is 69.4. The Labute approximate surface area is 442 Å². The summed E-state index contributed by atoms with van der Waals surface area (Å²) < 4.78 is 0. The molecule has 0 rings (SSSR count). The quantitative estimate of drug-likeness (QED) is 0.0532. The van der Waals surface area contributed by atoms with Crippen molar-refractivity contribution < 1.29 is 15.0 Å². The summed E-state index contributed by atoms with van der Waals surface area (Å²) in [4.78, 5) is 12.5. The third kappa shape index (κ3) is 58.3. The number of aliphatic hydroxyl groups excluding tert-OH is 2. The number of hydrogen-bond acceptors (Lipinski definition) is 3. The Kier molecular flexibility index (Phi) is 62.1. The molecule has 0 aliphatic heterocycles. The van der Waals surface area contributed by atoms with Crippen molar-refractivity contribution in [1.82, 2.24) is 5.32 Å². The molecule has 4 heteroatoms. The normalized spacial score (nSPS) is 12.6. The SMILES string of the molecule is CCCCCCCCCCCCCCCCCCCCCCCCCCCCCCCCCCCC(O)C(CO)NC(=O)CCCCCCCCCCCCCCCCCCCCCCCCCCC. The molecule has 0 aliphatic rings. The highest BCUT2D eigenvalue weighted by atomic mass is 16.3. The smallest absolute Gasteiger partial charge is 0.220 e. The van der Waals surface area contributed by atoms with Crippen molar-refractivity contribution in [3.63, 3.8) is 0 Å². The van der Waals surface area contributed by atoms with Gasteiger partial charge in [-0.3, -0.25) is 4.79 Å². The summed E-state index contributed by atoms with van der Waals surface area (Å²) in [6.45, 7) is 4.42. The Morgan fingerprint density at radius 3 is 0.643 bits per heavy atom. The molecule has 0 saturated heterocycles. The molecule has 3 N–H and O–H groups in total. The Morgan fingerprint density at radius 1 is 0.286 bits per heavy atom. The first-order valence-electron chi connectivity index (χ1n) is 33.2. The van der Waals surface area contributed by atoms with Gasteiger partial charge >= 0.3 is 0 Å². The fraction of sp³-hybridized carbons (Fsp3) is 0.985. The van der Waals surface area contributed by atoms with Crippen LogP contribution in [0.2, 0.25) is 0 Å². The zero-order valence-corrected chi connectivity index (χ0v) is 48.6. The minimum Gasteiger partial charge on any atom is -0.394 e. The van der Waals surface area contributed by atoms with E-state index in [0.717, 1.165) is 25.7 Å². The van der Waals surface area contributed by atoms with Crippen LogP contribution in [-0.4, -0.2) is 34.9 Å². The van der Waals surface area contributed by atoms with E-state index in [9.17, 15) is 15.0 Å². The third-order valence-corrected chi connectivity index (χ3v) is 16.1. The molecule has 420 valence electrons. The van der Waals surface area contributed by atoms with Crippen LogP contribution in [0.3, 0.4) is 0 Å². The number of nitrogens with one attached hydrogen (secondary N) is 1. The molecule has 0 radical (unpaired) electrons. The number of carbonyl (C=O) groups is 1.